The molecule has 0 radical (unpaired) electrons. The van der Waals surface area contributed by atoms with Gasteiger partial charge in [-0.05, 0) is 67.8 Å². The smallest absolute Gasteiger partial charge is 0.163 e. The minimum atomic E-state index is -0.315. The van der Waals surface area contributed by atoms with Crippen molar-refractivity contribution in [2.75, 3.05) is 19.7 Å². The summed E-state index contributed by atoms with van der Waals surface area (Å²) in [4.78, 5) is 9.50. The van der Waals surface area contributed by atoms with E-state index in [1.54, 1.807) is 11.3 Å². The van der Waals surface area contributed by atoms with E-state index in [-0.39, 0.29) is 11.1 Å². The predicted molar refractivity (Wildman–Crippen MR) is 121 cm³/mol. The topological polar surface area (TPSA) is 33.7 Å². The average Bonchev–Trinajstić information content (AvgIpc) is 3.47. The second kappa shape index (κ2) is 7.97. The first-order chi connectivity index (χ1) is 14.5. The van der Waals surface area contributed by atoms with Crippen LogP contribution in [0.25, 0.3) is 0 Å². The van der Waals surface area contributed by atoms with Gasteiger partial charge in [-0.3, -0.25) is 4.90 Å². The summed E-state index contributed by atoms with van der Waals surface area (Å²) in [7, 11) is 0. The Morgan fingerprint density at radius 2 is 2.10 bits per heavy atom. The highest BCUT2D eigenvalue weighted by atomic mass is 32.1. The second-order valence-electron chi connectivity index (χ2n) is 9.15. The lowest BCUT2D eigenvalue weighted by Gasteiger charge is -2.34. The van der Waals surface area contributed by atoms with Gasteiger partial charge >= 0.3 is 0 Å². The summed E-state index contributed by atoms with van der Waals surface area (Å²) < 4.78 is 6.54. The number of hydroxylamine groups is 1. The van der Waals surface area contributed by atoms with Crippen molar-refractivity contribution >= 4 is 11.3 Å². The van der Waals surface area contributed by atoms with Crippen molar-refractivity contribution in [1.82, 2.24) is 10.4 Å². The molecule has 3 heterocycles. The summed E-state index contributed by atoms with van der Waals surface area (Å²) in [6.07, 6.45) is 8.87. The molecule has 2 unspecified atom stereocenters. The molecule has 158 valence electrons. The normalized spacial score (nSPS) is 30.9. The fourth-order valence-electron chi connectivity index (χ4n) is 4.75. The number of hydrogen-bond donors (Lipinski definition) is 1. The van der Waals surface area contributed by atoms with Crippen molar-refractivity contribution in [2.45, 2.75) is 44.4 Å². The molecule has 5 heteroatoms. The van der Waals surface area contributed by atoms with Gasteiger partial charge in [0.1, 0.15) is 5.54 Å². The molecule has 0 spiro atoms. The first kappa shape index (κ1) is 20.0. The zero-order chi connectivity index (χ0) is 20.6. The first-order valence-electron chi connectivity index (χ1n) is 10.9. The van der Waals surface area contributed by atoms with E-state index in [9.17, 15) is 0 Å². The maximum Gasteiger partial charge on any atom is 0.163 e. The van der Waals surface area contributed by atoms with Crippen molar-refractivity contribution in [2.24, 2.45) is 5.92 Å². The van der Waals surface area contributed by atoms with Crippen LogP contribution in [0.15, 0.2) is 65.6 Å². The Labute approximate surface area is 183 Å². The SMILES string of the molecule is CC1(OC[C@@H]2CCN(Cc3ccccc3)C2)C=C(C2(C)NOc3ccsc32)C=CC1. The summed E-state index contributed by atoms with van der Waals surface area (Å²) >= 11 is 1.74. The van der Waals surface area contributed by atoms with Crippen LogP contribution in [0.1, 0.15) is 37.1 Å². The molecule has 3 aliphatic rings. The van der Waals surface area contributed by atoms with Crippen LogP contribution in [0.4, 0.5) is 0 Å². The van der Waals surface area contributed by atoms with E-state index in [2.05, 4.69) is 78.2 Å². The lowest BCUT2D eigenvalue weighted by atomic mass is 9.83. The zero-order valence-electron chi connectivity index (χ0n) is 17.8. The molecule has 30 heavy (non-hydrogen) atoms. The Hall–Kier alpha value is -1.92. The van der Waals surface area contributed by atoms with Crippen LogP contribution >= 0.6 is 11.3 Å². The Balaban J connectivity index is 1.21. The van der Waals surface area contributed by atoms with Gasteiger partial charge in [-0.25, -0.2) is 0 Å². The van der Waals surface area contributed by atoms with Crippen molar-refractivity contribution in [3.8, 4) is 5.75 Å². The molecule has 0 saturated carbocycles. The largest absolute Gasteiger partial charge is 0.406 e. The van der Waals surface area contributed by atoms with Gasteiger partial charge in [-0.1, -0.05) is 42.5 Å². The van der Waals surface area contributed by atoms with Crippen LogP contribution in [0.3, 0.4) is 0 Å². The van der Waals surface area contributed by atoms with Crippen LogP contribution in [0.5, 0.6) is 5.75 Å². The maximum atomic E-state index is 6.54. The van der Waals surface area contributed by atoms with Gasteiger partial charge in [0.25, 0.3) is 0 Å². The van der Waals surface area contributed by atoms with Crippen LogP contribution in [0, 0.1) is 5.92 Å². The molecule has 1 aromatic carbocycles. The lowest BCUT2D eigenvalue weighted by Crippen LogP contribution is -2.40. The molecule has 2 aromatic rings. The highest BCUT2D eigenvalue weighted by Gasteiger charge is 2.42. The van der Waals surface area contributed by atoms with E-state index in [1.165, 1.54) is 22.4 Å². The molecule has 1 aromatic heterocycles. The Morgan fingerprint density at radius 3 is 2.97 bits per heavy atom. The summed E-state index contributed by atoms with van der Waals surface area (Å²) in [5, 5.41) is 2.09. The van der Waals surface area contributed by atoms with E-state index >= 15 is 0 Å². The molecule has 1 aliphatic carbocycles. The Morgan fingerprint density at radius 1 is 1.23 bits per heavy atom. The maximum absolute atomic E-state index is 6.54. The van der Waals surface area contributed by atoms with E-state index in [0.717, 1.165) is 38.4 Å². The van der Waals surface area contributed by atoms with Gasteiger partial charge in [0.2, 0.25) is 0 Å². The molecular weight excluding hydrogens is 392 g/mol. The first-order valence-corrected chi connectivity index (χ1v) is 11.7. The molecule has 3 atom stereocenters. The number of ether oxygens (including phenoxy) is 1. The number of thiophene rings is 1. The van der Waals surface area contributed by atoms with Gasteiger partial charge in [0.15, 0.2) is 5.75 Å². The zero-order valence-corrected chi connectivity index (χ0v) is 18.6. The molecule has 1 fully saturated rings. The monoisotopic (exact) mass is 422 g/mol. The quantitative estimate of drug-likeness (QED) is 0.707. The van der Waals surface area contributed by atoms with Crippen molar-refractivity contribution < 1.29 is 9.57 Å². The predicted octanol–water partition coefficient (Wildman–Crippen LogP) is 5.04. The molecule has 0 amide bonds. The van der Waals surface area contributed by atoms with Crippen molar-refractivity contribution in [3.63, 3.8) is 0 Å². The van der Waals surface area contributed by atoms with Crippen LogP contribution < -0.4 is 10.3 Å². The summed E-state index contributed by atoms with van der Waals surface area (Å²) in [5.41, 5.74) is 5.26. The second-order valence-corrected chi connectivity index (χ2v) is 10.1. The minimum absolute atomic E-state index is 0.276. The highest BCUT2D eigenvalue weighted by molar-refractivity contribution is 7.10. The van der Waals surface area contributed by atoms with Gasteiger partial charge in [-0.15, -0.1) is 16.8 Å². The molecular formula is C25H30N2O2S. The van der Waals surface area contributed by atoms with E-state index in [0.29, 0.717) is 5.92 Å². The third-order valence-electron chi connectivity index (χ3n) is 6.57. The van der Waals surface area contributed by atoms with Crippen molar-refractivity contribution in [1.29, 1.82) is 0 Å². The van der Waals surface area contributed by atoms with Gasteiger partial charge < -0.3 is 9.57 Å². The molecule has 4 nitrogen and oxygen atoms in total. The van der Waals surface area contributed by atoms with Gasteiger partial charge in [-0.2, -0.15) is 0 Å². The number of hydrogen-bond acceptors (Lipinski definition) is 5. The number of nitrogens with zero attached hydrogens (tertiary/aromatic N) is 1. The lowest BCUT2D eigenvalue weighted by molar-refractivity contribution is -0.0130. The fraction of sp³-hybridized carbons (Fsp3) is 0.440. The van der Waals surface area contributed by atoms with Crippen LogP contribution in [-0.4, -0.2) is 30.2 Å². The third-order valence-corrected chi connectivity index (χ3v) is 7.69. The van der Waals surface area contributed by atoms with Crippen LogP contribution in [-0.2, 0) is 16.8 Å². The number of fused-ring (bicyclic) bond motifs is 1. The molecule has 2 aliphatic heterocycles. The van der Waals surface area contributed by atoms with Crippen molar-refractivity contribution in [3.05, 3.63) is 76.0 Å². The molecule has 1 saturated heterocycles. The fourth-order valence-corrected chi connectivity index (χ4v) is 5.69. The minimum Gasteiger partial charge on any atom is -0.406 e. The van der Waals surface area contributed by atoms with E-state index < -0.39 is 0 Å². The number of likely N-dealkylation sites (tertiary alicyclic amines) is 1. The Bertz CT molecular complexity index is 953. The van der Waals surface area contributed by atoms with E-state index in [4.69, 9.17) is 9.57 Å². The number of nitrogens with one attached hydrogen (secondary N) is 1. The van der Waals surface area contributed by atoms with Crippen LogP contribution in [0.2, 0.25) is 0 Å². The third kappa shape index (κ3) is 3.87. The van der Waals surface area contributed by atoms with Gasteiger partial charge in [0, 0.05) is 13.1 Å². The summed E-state index contributed by atoms with van der Waals surface area (Å²) in [6.45, 7) is 8.51. The molecule has 1 N–H and O–H groups in total. The molecule has 0 bridgehead atoms. The standard InChI is InChI=1S/C25H30N2O2S/c1-24(28-18-20-10-13-27(17-20)16-19-7-4-3-5-8-19)12-6-9-21(15-24)25(2)23-22(29-26-25)11-14-30-23/h3-9,11,14-15,20,26H,10,12-13,16-18H2,1-2H3/t20-,24?,25?/m1/s1. The summed E-state index contributed by atoms with van der Waals surface area (Å²) in [5.74, 6) is 1.54. The highest BCUT2D eigenvalue weighted by Crippen LogP contribution is 2.46. The average molecular weight is 423 g/mol. The Kier molecular flexibility index (Phi) is 5.31. The summed E-state index contributed by atoms with van der Waals surface area (Å²) in [6, 6.07) is 12.8. The van der Waals surface area contributed by atoms with Gasteiger partial charge in [0.05, 0.1) is 17.1 Å². The number of rotatable bonds is 6. The molecule has 5 rings (SSSR count). The van der Waals surface area contributed by atoms with E-state index in [1.807, 2.05) is 6.07 Å². The number of benzene rings is 1.